The number of hydrogen-bond donors (Lipinski definition) is 0. The average Bonchev–Trinajstić information content (AvgIpc) is 2.76. The molecule has 0 aromatic rings. The zero-order chi connectivity index (χ0) is 17.4. The van der Waals surface area contributed by atoms with Gasteiger partial charge in [-0.2, -0.15) is 13.2 Å². The molecule has 0 aromatic carbocycles. The molecule has 1 aliphatic heterocycles. The summed E-state index contributed by atoms with van der Waals surface area (Å²) in [6.45, 7) is 3.10. The van der Waals surface area contributed by atoms with Crippen molar-refractivity contribution in [3.05, 3.63) is 12.2 Å². The molecule has 128 valence electrons. The van der Waals surface area contributed by atoms with E-state index in [1.165, 1.54) is 6.92 Å². The Hall–Kier alpha value is -2.06. The van der Waals surface area contributed by atoms with Crippen LogP contribution in [0.2, 0.25) is 0 Å². The van der Waals surface area contributed by atoms with Gasteiger partial charge in [0.25, 0.3) is 0 Å². The van der Waals surface area contributed by atoms with Crippen LogP contribution >= 0.6 is 0 Å². The first-order valence-electron chi connectivity index (χ1n) is 6.89. The van der Waals surface area contributed by atoms with Gasteiger partial charge in [0, 0.05) is 18.4 Å². The van der Waals surface area contributed by atoms with Crippen LogP contribution in [0, 0.1) is 11.8 Å². The van der Waals surface area contributed by atoms with Crippen LogP contribution in [0.1, 0.15) is 19.8 Å². The van der Waals surface area contributed by atoms with Gasteiger partial charge in [-0.3, -0.25) is 9.59 Å². The van der Waals surface area contributed by atoms with Crippen molar-refractivity contribution in [2.75, 3.05) is 6.61 Å². The van der Waals surface area contributed by atoms with Crippen molar-refractivity contribution in [2.24, 2.45) is 11.8 Å². The largest absolute Gasteiger partial charge is 0.458 e. The second-order valence-corrected chi connectivity index (χ2v) is 5.61. The minimum atomic E-state index is -4.66. The quantitative estimate of drug-likeness (QED) is 0.440. The first-order chi connectivity index (χ1) is 10.6. The highest BCUT2D eigenvalue weighted by Gasteiger charge is 2.53. The van der Waals surface area contributed by atoms with Gasteiger partial charge in [-0.15, -0.1) is 0 Å². The number of carbonyl (C=O) groups is 3. The second-order valence-electron chi connectivity index (χ2n) is 5.61. The molecule has 23 heavy (non-hydrogen) atoms. The Labute approximate surface area is 129 Å². The molecule has 9 heteroatoms. The third-order valence-corrected chi connectivity index (χ3v) is 3.73. The lowest BCUT2D eigenvalue weighted by molar-refractivity contribution is -0.192. The van der Waals surface area contributed by atoms with Gasteiger partial charge in [0.1, 0.15) is 12.2 Å². The van der Waals surface area contributed by atoms with E-state index in [1.54, 1.807) is 0 Å². The first-order valence-corrected chi connectivity index (χ1v) is 6.89. The number of esters is 3. The molecule has 2 rings (SSSR count). The fourth-order valence-corrected chi connectivity index (χ4v) is 2.64. The molecule has 2 aliphatic rings. The molecule has 1 aliphatic carbocycles. The Morgan fingerprint density at radius 3 is 2.57 bits per heavy atom. The monoisotopic (exact) mass is 336 g/mol. The Bertz CT molecular complexity index is 541. The third-order valence-electron chi connectivity index (χ3n) is 3.73. The van der Waals surface area contributed by atoms with Crippen LogP contribution in [0.4, 0.5) is 13.2 Å². The molecule has 0 spiro atoms. The molecular formula is C14H15F3O6. The Morgan fingerprint density at radius 1 is 1.35 bits per heavy atom. The van der Waals surface area contributed by atoms with Crippen LogP contribution in [0.25, 0.3) is 0 Å². The number of hydrogen-bond acceptors (Lipinski definition) is 6. The molecule has 6 nitrogen and oxygen atoms in total. The number of ether oxygens (including phenoxy) is 3. The fraction of sp³-hybridized carbons (Fsp3) is 0.643. The number of fused-ring (bicyclic) bond motifs is 2. The lowest BCUT2D eigenvalue weighted by atomic mass is 9.78. The van der Waals surface area contributed by atoms with Crippen LogP contribution in [-0.2, 0) is 28.6 Å². The highest BCUT2D eigenvalue weighted by atomic mass is 19.4. The maximum absolute atomic E-state index is 12.1. The van der Waals surface area contributed by atoms with Gasteiger partial charge in [0.2, 0.25) is 0 Å². The van der Waals surface area contributed by atoms with Gasteiger partial charge in [-0.1, -0.05) is 6.58 Å². The van der Waals surface area contributed by atoms with Crippen molar-refractivity contribution in [3.8, 4) is 0 Å². The van der Waals surface area contributed by atoms with E-state index < -0.39 is 54.7 Å². The summed E-state index contributed by atoms with van der Waals surface area (Å²) in [5, 5.41) is 0. The standard InChI is InChI=1S/C14H15F3O6/c1-6(2)11(18)22-9-3-7(8-4-10(9)23-13(8)20)12(19)21-5-14(15,16)17/h7-10H,1,3-5H2,2H3. The zero-order valence-electron chi connectivity index (χ0n) is 12.2. The van der Waals surface area contributed by atoms with Gasteiger partial charge in [0.05, 0.1) is 11.8 Å². The fourth-order valence-electron chi connectivity index (χ4n) is 2.64. The molecule has 1 saturated heterocycles. The van der Waals surface area contributed by atoms with Crippen LogP contribution in [-0.4, -0.2) is 42.9 Å². The minimum Gasteiger partial charge on any atom is -0.458 e. The van der Waals surface area contributed by atoms with E-state index in [-0.39, 0.29) is 18.4 Å². The summed E-state index contributed by atoms with van der Waals surface area (Å²) < 4.78 is 50.8. The van der Waals surface area contributed by atoms with Gasteiger partial charge >= 0.3 is 24.1 Å². The Kier molecular flexibility index (Phi) is 4.67. The van der Waals surface area contributed by atoms with Crippen molar-refractivity contribution in [1.29, 1.82) is 0 Å². The Balaban J connectivity index is 2.07. The summed E-state index contributed by atoms with van der Waals surface area (Å²) >= 11 is 0. The van der Waals surface area contributed by atoms with E-state index in [4.69, 9.17) is 9.47 Å². The molecule has 4 unspecified atom stereocenters. The summed E-state index contributed by atoms with van der Waals surface area (Å²) in [4.78, 5) is 35.2. The summed E-state index contributed by atoms with van der Waals surface area (Å²) in [5.41, 5.74) is 0.118. The van der Waals surface area contributed by atoms with E-state index in [1.807, 2.05) is 0 Å². The summed E-state index contributed by atoms with van der Waals surface area (Å²) in [7, 11) is 0. The van der Waals surface area contributed by atoms with E-state index in [0.717, 1.165) is 0 Å². The average molecular weight is 336 g/mol. The van der Waals surface area contributed by atoms with E-state index in [9.17, 15) is 27.6 Å². The van der Waals surface area contributed by atoms with Crippen LogP contribution in [0.5, 0.6) is 0 Å². The topological polar surface area (TPSA) is 78.9 Å². The van der Waals surface area contributed by atoms with Gasteiger partial charge in [0.15, 0.2) is 6.61 Å². The molecule has 0 aromatic heterocycles. The molecule has 0 radical (unpaired) electrons. The zero-order valence-corrected chi connectivity index (χ0v) is 12.2. The minimum absolute atomic E-state index is 0.0960. The smallest absolute Gasteiger partial charge is 0.422 e. The number of halogens is 3. The predicted molar refractivity (Wildman–Crippen MR) is 67.8 cm³/mol. The van der Waals surface area contributed by atoms with Crippen LogP contribution in [0.3, 0.4) is 0 Å². The molecule has 2 bridgehead atoms. The lowest BCUT2D eigenvalue weighted by Crippen LogP contribution is -2.41. The van der Waals surface area contributed by atoms with Crippen molar-refractivity contribution in [1.82, 2.24) is 0 Å². The lowest BCUT2D eigenvalue weighted by Gasteiger charge is -2.30. The highest BCUT2D eigenvalue weighted by Crippen LogP contribution is 2.41. The molecule has 0 amide bonds. The summed E-state index contributed by atoms with van der Waals surface area (Å²) in [6.07, 6.45) is -6.31. The van der Waals surface area contributed by atoms with Crippen molar-refractivity contribution in [3.63, 3.8) is 0 Å². The maximum atomic E-state index is 12.1. The summed E-state index contributed by atoms with van der Waals surface area (Å²) in [5.74, 6) is -4.58. The van der Waals surface area contributed by atoms with Crippen molar-refractivity contribution < 1.29 is 41.8 Å². The molecule has 4 atom stereocenters. The van der Waals surface area contributed by atoms with Gasteiger partial charge < -0.3 is 14.2 Å². The van der Waals surface area contributed by atoms with Crippen molar-refractivity contribution in [2.45, 2.75) is 38.1 Å². The third kappa shape index (κ3) is 4.02. The molecule has 1 heterocycles. The Morgan fingerprint density at radius 2 is 2.00 bits per heavy atom. The second kappa shape index (κ2) is 6.21. The normalized spacial score (nSPS) is 29.7. The molecule has 1 saturated carbocycles. The number of rotatable bonds is 4. The number of alkyl halides is 3. The van der Waals surface area contributed by atoms with Crippen LogP contribution in [0.15, 0.2) is 12.2 Å². The highest BCUT2D eigenvalue weighted by molar-refractivity contribution is 5.88. The molecule has 2 fully saturated rings. The van der Waals surface area contributed by atoms with Crippen molar-refractivity contribution >= 4 is 17.9 Å². The first kappa shape index (κ1) is 17.3. The van der Waals surface area contributed by atoms with E-state index >= 15 is 0 Å². The molecule has 0 N–H and O–H groups in total. The van der Waals surface area contributed by atoms with Crippen LogP contribution < -0.4 is 0 Å². The predicted octanol–water partition coefficient (Wildman–Crippen LogP) is 1.53. The van der Waals surface area contributed by atoms with Gasteiger partial charge in [-0.05, 0) is 6.92 Å². The molecular weight excluding hydrogens is 321 g/mol. The van der Waals surface area contributed by atoms with Gasteiger partial charge in [-0.25, -0.2) is 4.79 Å². The van der Waals surface area contributed by atoms with E-state index in [2.05, 4.69) is 11.3 Å². The number of carbonyl (C=O) groups excluding carboxylic acids is 3. The SMILES string of the molecule is C=C(C)C(=O)OC1CC(C(=O)OCC(F)(F)F)C2CC1OC2=O. The maximum Gasteiger partial charge on any atom is 0.422 e. The van der Waals surface area contributed by atoms with E-state index in [0.29, 0.717) is 0 Å². The summed E-state index contributed by atoms with van der Waals surface area (Å²) in [6, 6.07) is 0.